The van der Waals surface area contributed by atoms with Crippen LogP contribution in [0.3, 0.4) is 0 Å². The topological polar surface area (TPSA) is 123 Å². The molecule has 0 saturated carbocycles. The fourth-order valence-electron chi connectivity index (χ4n) is 4.27. The molecular formula is C27H37N5O3. The lowest BCUT2D eigenvalue weighted by Gasteiger charge is -2.26. The zero-order valence-electron chi connectivity index (χ0n) is 20.8. The number of hydrogen-bond acceptors (Lipinski definition) is 6. The van der Waals surface area contributed by atoms with E-state index in [1.165, 1.54) is 31.4 Å². The lowest BCUT2D eigenvalue weighted by Crippen LogP contribution is -2.37. The van der Waals surface area contributed by atoms with Crippen molar-refractivity contribution in [2.24, 2.45) is 16.5 Å². The van der Waals surface area contributed by atoms with Gasteiger partial charge in [0.05, 0.1) is 13.2 Å². The lowest BCUT2D eigenvalue weighted by molar-refractivity contribution is -0.144. The third-order valence-electron chi connectivity index (χ3n) is 6.24. The molecule has 1 atom stereocenters. The number of esters is 1. The minimum absolute atomic E-state index is 0.0773. The van der Waals surface area contributed by atoms with Crippen molar-refractivity contribution in [1.82, 2.24) is 5.32 Å². The third-order valence-corrected chi connectivity index (χ3v) is 6.24. The van der Waals surface area contributed by atoms with Gasteiger partial charge in [0.2, 0.25) is 0 Å². The smallest absolute Gasteiger partial charge is 0.323 e. The number of nitrogens with zero attached hydrogens (tertiary/aromatic N) is 2. The Kier molecular flexibility index (Phi) is 9.66. The quantitative estimate of drug-likeness (QED) is 0.304. The van der Waals surface area contributed by atoms with Crippen molar-refractivity contribution in [3.05, 3.63) is 64.7 Å². The van der Waals surface area contributed by atoms with Gasteiger partial charge in [-0.2, -0.15) is 0 Å². The maximum Gasteiger partial charge on any atom is 0.323 e. The van der Waals surface area contributed by atoms with Crippen LogP contribution in [0.1, 0.15) is 59.7 Å². The Morgan fingerprint density at radius 3 is 2.43 bits per heavy atom. The number of carbonyl (C=O) groups is 2. The first-order valence-corrected chi connectivity index (χ1v) is 12.3. The van der Waals surface area contributed by atoms with Gasteiger partial charge in [-0.3, -0.25) is 14.9 Å². The molecule has 5 N–H and O–H groups in total. The van der Waals surface area contributed by atoms with Gasteiger partial charge in [-0.05, 0) is 68.0 Å². The molecule has 1 saturated heterocycles. The van der Waals surface area contributed by atoms with Crippen LogP contribution in [0.2, 0.25) is 0 Å². The number of hydrogen-bond donors (Lipinski definition) is 3. The van der Waals surface area contributed by atoms with E-state index < -0.39 is 12.0 Å². The minimum Gasteiger partial charge on any atom is -0.465 e. The van der Waals surface area contributed by atoms with Crippen LogP contribution in [0.25, 0.3) is 0 Å². The molecule has 35 heavy (non-hydrogen) atoms. The molecule has 0 spiro atoms. The second kappa shape index (κ2) is 12.9. The molecule has 0 radical (unpaired) electrons. The van der Waals surface area contributed by atoms with Gasteiger partial charge in [0, 0.05) is 24.3 Å². The summed E-state index contributed by atoms with van der Waals surface area (Å²) >= 11 is 0. The number of benzene rings is 2. The van der Waals surface area contributed by atoms with E-state index in [0.29, 0.717) is 18.5 Å². The first-order chi connectivity index (χ1) is 16.9. The molecule has 0 bridgehead atoms. The summed E-state index contributed by atoms with van der Waals surface area (Å²) in [5.41, 5.74) is 16.7. The van der Waals surface area contributed by atoms with E-state index in [4.69, 9.17) is 16.2 Å². The molecule has 0 aliphatic carbocycles. The van der Waals surface area contributed by atoms with Crippen LogP contribution in [-0.4, -0.2) is 43.6 Å². The van der Waals surface area contributed by atoms with E-state index in [1.54, 1.807) is 31.2 Å². The first kappa shape index (κ1) is 26.2. The third kappa shape index (κ3) is 7.55. The van der Waals surface area contributed by atoms with Gasteiger partial charge < -0.3 is 21.1 Å². The molecule has 1 aliphatic rings. The zero-order valence-corrected chi connectivity index (χ0v) is 20.8. The Morgan fingerprint density at radius 1 is 1.09 bits per heavy atom. The molecule has 2 aromatic rings. The van der Waals surface area contributed by atoms with Crippen LogP contribution in [0.4, 0.5) is 5.69 Å². The highest BCUT2D eigenvalue weighted by Crippen LogP contribution is 2.27. The molecule has 1 fully saturated rings. The SMILES string of the molecule is CCOC(=O)[C@@H](N)Cc1ccc(C(=O)NC(N)=NCc2c(C)cccc2N2CCCCCC2)cc1. The molecule has 0 aromatic heterocycles. The van der Waals surface area contributed by atoms with Crippen molar-refractivity contribution in [2.45, 2.75) is 58.5 Å². The van der Waals surface area contributed by atoms with Crippen molar-refractivity contribution in [2.75, 3.05) is 24.6 Å². The Morgan fingerprint density at radius 2 is 1.77 bits per heavy atom. The number of anilines is 1. The van der Waals surface area contributed by atoms with Crippen molar-refractivity contribution >= 4 is 23.5 Å². The van der Waals surface area contributed by atoms with Gasteiger partial charge in [-0.25, -0.2) is 4.99 Å². The molecule has 2 aromatic carbocycles. The van der Waals surface area contributed by atoms with E-state index in [0.717, 1.165) is 29.8 Å². The first-order valence-electron chi connectivity index (χ1n) is 12.3. The second-order valence-electron chi connectivity index (χ2n) is 8.89. The molecule has 0 unspecified atom stereocenters. The molecule has 8 heteroatoms. The summed E-state index contributed by atoms with van der Waals surface area (Å²) in [4.78, 5) is 31.2. The summed E-state index contributed by atoms with van der Waals surface area (Å²) in [6, 6.07) is 12.5. The summed E-state index contributed by atoms with van der Waals surface area (Å²) in [7, 11) is 0. The van der Waals surface area contributed by atoms with Gasteiger partial charge in [0.15, 0.2) is 5.96 Å². The van der Waals surface area contributed by atoms with Crippen LogP contribution < -0.4 is 21.7 Å². The molecule has 8 nitrogen and oxygen atoms in total. The molecule has 1 amide bonds. The van der Waals surface area contributed by atoms with E-state index in [1.807, 2.05) is 0 Å². The van der Waals surface area contributed by atoms with E-state index in [-0.39, 0.29) is 18.5 Å². The average Bonchev–Trinajstić information content (AvgIpc) is 3.13. The number of rotatable bonds is 8. The van der Waals surface area contributed by atoms with Gasteiger partial charge >= 0.3 is 5.97 Å². The number of guanidine groups is 1. The van der Waals surface area contributed by atoms with Gasteiger partial charge in [0.1, 0.15) is 6.04 Å². The molecule has 3 rings (SSSR count). The summed E-state index contributed by atoms with van der Waals surface area (Å²) in [6.45, 7) is 6.60. The predicted octanol–water partition coefficient (Wildman–Crippen LogP) is 3.05. The fraction of sp³-hybridized carbons (Fsp3) is 0.444. The summed E-state index contributed by atoms with van der Waals surface area (Å²) in [5.74, 6) is -0.704. The minimum atomic E-state index is -0.738. The number of ether oxygens (including phenoxy) is 1. The predicted molar refractivity (Wildman–Crippen MR) is 139 cm³/mol. The van der Waals surface area contributed by atoms with E-state index >= 15 is 0 Å². The Balaban J connectivity index is 1.61. The Bertz CT molecular complexity index is 1030. The van der Waals surface area contributed by atoms with E-state index in [2.05, 4.69) is 40.3 Å². The van der Waals surface area contributed by atoms with Crippen LogP contribution in [0.5, 0.6) is 0 Å². The number of carbonyl (C=O) groups excluding carboxylic acids is 2. The number of amides is 1. The maximum atomic E-state index is 12.6. The van der Waals surface area contributed by atoms with Crippen molar-refractivity contribution in [3.8, 4) is 0 Å². The van der Waals surface area contributed by atoms with Crippen molar-refractivity contribution in [3.63, 3.8) is 0 Å². The highest BCUT2D eigenvalue weighted by atomic mass is 16.5. The van der Waals surface area contributed by atoms with Gasteiger partial charge in [-0.15, -0.1) is 0 Å². The summed E-state index contributed by atoms with van der Waals surface area (Å²) in [5, 5.41) is 2.67. The van der Waals surface area contributed by atoms with Gasteiger partial charge in [0.25, 0.3) is 5.91 Å². The molecule has 1 aliphatic heterocycles. The molecule has 1 heterocycles. The number of aliphatic imine (C=N–C) groups is 1. The summed E-state index contributed by atoms with van der Waals surface area (Å²) < 4.78 is 4.93. The van der Waals surface area contributed by atoms with Crippen molar-refractivity contribution < 1.29 is 14.3 Å². The maximum absolute atomic E-state index is 12.6. The highest BCUT2D eigenvalue weighted by molar-refractivity contribution is 6.05. The monoisotopic (exact) mass is 479 g/mol. The van der Waals surface area contributed by atoms with Crippen LogP contribution >= 0.6 is 0 Å². The largest absolute Gasteiger partial charge is 0.465 e. The number of aryl methyl sites for hydroxylation is 1. The standard InChI is InChI=1S/C27H37N5O3/c1-3-35-26(34)23(28)17-20-11-13-21(14-12-20)25(33)31-27(29)30-18-22-19(2)9-8-10-24(22)32-15-6-4-5-7-16-32/h8-14,23H,3-7,15-18,28H2,1-2H3,(H3,29,30,31,33)/t23-/m0/s1. The highest BCUT2D eigenvalue weighted by Gasteiger charge is 2.17. The number of nitrogens with two attached hydrogens (primary N) is 2. The van der Waals surface area contributed by atoms with Gasteiger partial charge in [-0.1, -0.05) is 37.1 Å². The Labute approximate surface area is 207 Å². The summed E-state index contributed by atoms with van der Waals surface area (Å²) in [6.07, 6.45) is 5.27. The molecule has 188 valence electrons. The van der Waals surface area contributed by atoms with E-state index in [9.17, 15) is 9.59 Å². The van der Waals surface area contributed by atoms with Crippen LogP contribution in [0, 0.1) is 6.92 Å². The number of nitrogens with one attached hydrogen (secondary N) is 1. The Hall–Kier alpha value is -3.39. The van der Waals surface area contributed by atoms with Crippen LogP contribution in [0.15, 0.2) is 47.5 Å². The zero-order chi connectivity index (χ0) is 25.2. The van der Waals surface area contributed by atoms with Crippen LogP contribution in [-0.2, 0) is 22.5 Å². The lowest BCUT2D eigenvalue weighted by atomic mass is 10.0. The normalized spacial score (nSPS) is 15.3. The average molecular weight is 480 g/mol. The fourth-order valence-corrected chi connectivity index (χ4v) is 4.27. The van der Waals surface area contributed by atoms with Crippen molar-refractivity contribution in [1.29, 1.82) is 0 Å². The second-order valence-corrected chi connectivity index (χ2v) is 8.89. The molecular weight excluding hydrogens is 442 g/mol.